The van der Waals surface area contributed by atoms with Crippen molar-refractivity contribution in [2.24, 2.45) is 11.7 Å². The van der Waals surface area contributed by atoms with Crippen LogP contribution in [0, 0.1) is 5.92 Å². The average molecular weight is 356 g/mol. The number of amides is 3. The highest BCUT2D eigenvalue weighted by Crippen LogP contribution is 2.13. The SMILES string of the molecule is CC(=O)N[C@@H](C(=O)N[C@H](Cc1ccc2ccccc2n1)C(N)=O)C(C)C. The third kappa shape index (κ3) is 5.02. The Hall–Kier alpha value is -2.96. The van der Waals surface area contributed by atoms with E-state index in [1.165, 1.54) is 6.92 Å². The maximum atomic E-state index is 12.5. The number of aromatic nitrogens is 1. The van der Waals surface area contributed by atoms with E-state index in [0.717, 1.165) is 10.9 Å². The normalized spacial score (nSPS) is 13.2. The molecular formula is C19H24N4O3. The number of benzene rings is 1. The van der Waals surface area contributed by atoms with Gasteiger partial charge in [-0.05, 0) is 18.1 Å². The first-order valence-electron chi connectivity index (χ1n) is 8.49. The number of fused-ring (bicyclic) bond motifs is 1. The lowest BCUT2D eigenvalue weighted by molar-refractivity contribution is -0.131. The molecule has 1 heterocycles. The predicted molar refractivity (Wildman–Crippen MR) is 99.0 cm³/mol. The van der Waals surface area contributed by atoms with E-state index in [0.29, 0.717) is 5.69 Å². The highest BCUT2D eigenvalue weighted by molar-refractivity contribution is 5.91. The van der Waals surface area contributed by atoms with Gasteiger partial charge in [-0.1, -0.05) is 38.1 Å². The van der Waals surface area contributed by atoms with Gasteiger partial charge in [-0.15, -0.1) is 0 Å². The first-order valence-corrected chi connectivity index (χ1v) is 8.49. The number of nitrogens with two attached hydrogens (primary N) is 1. The molecular weight excluding hydrogens is 332 g/mol. The molecule has 138 valence electrons. The Kier molecular flexibility index (Phi) is 6.27. The Morgan fingerprint density at radius 2 is 1.77 bits per heavy atom. The molecule has 0 saturated carbocycles. The molecule has 2 aromatic rings. The van der Waals surface area contributed by atoms with Gasteiger partial charge in [0.2, 0.25) is 17.7 Å². The molecule has 26 heavy (non-hydrogen) atoms. The Morgan fingerprint density at radius 1 is 1.08 bits per heavy atom. The van der Waals surface area contributed by atoms with Gasteiger partial charge in [0.15, 0.2) is 0 Å². The van der Waals surface area contributed by atoms with Gasteiger partial charge in [-0.2, -0.15) is 0 Å². The summed E-state index contributed by atoms with van der Waals surface area (Å²) in [6, 6.07) is 9.69. The number of pyridine rings is 1. The van der Waals surface area contributed by atoms with Crippen LogP contribution in [-0.2, 0) is 20.8 Å². The fourth-order valence-corrected chi connectivity index (χ4v) is 2.67. The summed E-state index contributed by atoms with van der Waals surface area (Å²) in [7, 11) is 0. The number of carbonyl (C=O) groups excluding carboxylic acids is 3. The molecule has 0 unspecified atom stereocenters. The van der Waals surface area contributed by atoms with Crippen molar-refractivity contribution in [3.05, 3.63) is 42.1 Å². The standard InChI is InChI=1S/C19H24N4O3/c1-11(2)17(21-12(3)24)19(26)23-16(18(20)25)10-14-9-8-13-6-4-5-7-15(13)22-14/h4-9,11,16-17H,10H2,1-3H3,(H2,20,25)(H,21,24)(H,23,26)/t16-,17-/m1/s1. The van der Waals surface area contributed by atoms with Crippen LogP contribution < -0.4 is 16.4 Å². The van der Waals surface area contributed by atoms with Gasteiger partial charge in [-0.3, -0.25) is 19.4 Å². The number of hydrogen-bond donors (Lipinski definition) is 3. The third-order valence-corrected chi connectivity index (χ3v) is 4.04. The van der Waals surface area contributed by atoms with Crippen LogP contribution in [0.3, 0.4) is 0 Å². The first kappa shape index (κ1) is 19.4. The van der Waals surface area contributed by atoms with E-state index in [1.54, 1.807) is 6.07 Å². The molecule has 4 N–H and O–H groups in total. The summed E-state index contributed by atoms with van der Waals surface area (Å²) in [5.74, 6) is -1.55. The Morgan fingerprint density at radius 3 is 2.38 bits per heavy atom. The van der Waals surface area contributed by atoms with Crippen LogP contribution in [0.2, 0.25) is 0 Å². The van der Waals surface area contributed by atoms with Gasteiger partial charge in [0.25, 0.3) is 0 Å². The molecule has 7 nitrogen and oxygen atoms in total. The molecule has 0 bridgehead atoms. The van der Waals surface area contributed by atoms with E-state index < -0.39 is 23.9 Å². The average Bonchev–Trinajstić information content (AvgIpc) is 2.58. The minimum absolute atomic E-state index is 0.133. The van der Waals surface area contributed by atoms with Gasteiger partial charge >= 0.3 is 0 Å². The van der Waals surface area contributed by atoms with Gasteiger partial charge < -0.3 is 16.4 Å². The summed E-state index contributed by atoms with van der Waals surface area (Å²) in [5, 5.41) is 6.21. The summed E-state index contributed by atoms with van der Waals surface area (Å²) < 4.78 is 0. The number of nitrogens with one attached hydrogen (secondary N) is 2. The highest BCUT2D eigenvalue weighted by Gasteiger charge is 2.27. The van der Waals surface area contributed by atoms with Crippen LogP contribution in [0.5, 0.6) is 0 Å². The van der Waals surface area contributed by atoms with E-state index in [4.69, 9.17) is 5.73 Å². The maximum Gasteiger partial charge on any atom is 0.243 e. The van der Waals surface area contributed by atoms with Crippen molar-refractivity contribution in [1.29, 1.82) is 0 Å². The number of rotatable bonds is 7. The van der Waals surface area contributed by atoms with Crippen LogP contribution in [-0.4, -0.2) is 34.8 Å². The van der Waals surface area contributed by atoms with Crippen LogP contribution in [0.25, 0.3) is 10.9 Å². The van der Waals surface area contributed by atoms with Gasteiger partial charge in [0.1, 0.15) is 12.1 Å². The van der Waals surface area contributed by atoms with Crippen molar-refractivity contribution >= 4 is 28.6 Å². The lowest BCUT2D eigenvalue weighted by atomic mass is 10.0. The van der Waals surface area contributed by atoms with E-state index in [2.05, 4.69) is 15.6 Å². The Labute approximate surface area is 152 Å². The lowest BCUT2D eigenvalue weighted by Gasteiger charge is -2.23. The van der Waals surface area contributed by atoms with Gasteiger partial charge in [0.05, 0.1) is 5.52 Å². The number of para-hydroxylation sites is 1. The smallest absolute Gasteiger partial charge is 0.243 e. The van der Waals surface area contributed by atoms with Crippen LogP contribution in [0.1, 0.15) is 26.5 Å². The minimum Gasteiger partial charge on any atom is -0.368 e. The van der Waals surface area contributed by atoms with Crippen molar-refractivity contribution in [3.8, 4) is 0 Å². The van der Waals surface area contributed by atoms with E-state index in [1.807, 2.05) is 44.2 Å². The monoisotopic (exact) mass is 356 g/mol. The second-order valence-electron chi connectivity index (χ2n) is 6.59. The molecule has 1 aromatic heterocycles. The van der Waals surface area contributed by atoms with Crippen molar-refractivity contribution in [2.45, 2.75) is 39.3 Å². The van der Waals surface area contributed by atoms with Crippen LogP contribution >= 0.6 is 0 Å². The summed E-state index contributed by atoms with van der Waals surface area (Å²) in [6.07, 6.45) is 0.177. The zero-order valence-electron chi connectivity index (χ0n) is 15.2. The van der Waals surface area contributed by atoms with Crippen molar-refractivity contribution in [3.63, 3.8) is 0 Å². The quantitative estimate of drug-likeness (QED) is 0.684. The molecule has 0 saturated heterocycles. The third-order valence-electron chi connectivity index (χ3n) is 4.04. The van der Waals surface area contributed by atoms with Crippen LogP contribution in [0.4, 0.5) is 0 Å². The second kappa shape index (κ2) is 8.42. The second-order valence-corrected chi connectivity index (χ2v) is 6.59. The molecule has 0 radical (unpaired) electrons. The number of carbonyl (C=O) groups is 3. The fraction of sp³-hybridized carbons (Fsp3) is 0.368. The fourth-order valence-electron chi connectivity index (χ4n) is 2.67. The number of nitrogens with zero attached hydrogens (tertiary/aromatic N) is 1. The lowest BCUT2D eigenvalue weighted by Crippen LogP contribution is -2.55. The van der Waals surface area contributed by atoms with Crippen molar-refractivity contribution in [2.75, 3.05) is 0 Å². The Bertz CT molecular complexity index is 819. The zero-order chi connectivity index (χ0) is 19.3. The number of primary amides is 1. The highest BCUT2D eigenvalue weighted by atomic mass is 16.2. The molecule has 0 fully saturated rings. The first-order chi connectivity index (χ1) is 12.3. The molecule has 0 spiro atoms. The van der Waals surface area contributed by atoms with Gasteiger partial charge in [0, 0.05) is 24.4 Å². The number of hydrogen-bond acceptors (Lipinski definition) is 4. The summed E-state index contributed by atoms with van der Waals surface area (Å²) in [6.45, 7) is 4.96. The summed E-state index contributed by atoms with van der Waals surface area (Å²) in [4.78, 5) is 40.1. The van der Waals surface area contributed by atoms with E-state index in [9.17, 15) is 14.4 Å². The molecule has 7 heteroatoms. The van der Waals surface area contributed by atoms with E-state index in [-0.39, 0.29) is 18.2 Å². The predicted octanol–water partition coefficient (Wildman–Crippen LogP) is 0.908. The molecule has 2 rings (SSSR count). The molecule has 3 amide bonds. The van der Waals surface area contributed by atoms with Crippen molar-refractivity contribution < 1.29 is 14.4 Å². The summed E-state index contributed by atoms with van der Waals surface area (Å²) in [5.41, 5.74) is 6.90. The van der Waals surface area contributed by atoms with Gasteiger partial charge in [-0.25, -0.2) is 0 Å². The zero-order valence-corrected chi connectivity index (χ0v) is 15.2. The largest absolute Gasteiger partial charge is 0.368 e. The minimum atomic E-state index is -0.911. The van der Waals surface area contributed by atoms with Crippen LogP contribution in [0.15, 0.2) is 36.4 Å². The molecule has 0 aliphatic heterocycles. The molecule has 0 aliphatic rings. The molecule has 1 aromatic carbocycles. The van der Waals surface area contributed by atoms with E-state index >= 15 is 0 Å². The maximum absolute atomic E-state index is 12.5. The summed E-state index contributed by atoms with van der Waals surface area (Å²) >= 11 is 0. The Balaban J connectivity index is 2.15. The molecule has 0 aliphatic carbocycles. The molecule has 2 atom stereocenters. The van der Waals surface area contributed by atoms with Crippen molar-refractivity contribution in [1.82, 2.24) is 15.6 Å². The topological polar surface area (TPSA) is 114 Å².